The topological polar surface area (TPSA) is 29.1 Å². The van der Waals surface area contributed by atoms with Crippen LogP contribution in [0, 0.1) is 5.92 Å². The van der Waals surface area contributed by atoms with Crippen LogP contribution in [0.5, 0.6) is 0 Å². The molecule has 0 heterocycles. The maximum absolute atomic E-state index is 12.1. The third-order valence-corrected chi connectivity index (χ3v) is 4.30. The van der Waals surface area contributed by atoms with Gasteiger partial charge < -0.3 is 5.32 Å². The van der Waals surface area contributed by atoms with E-state index in [9.17, 15) is 4.79 Å². The average molecular weight is 310 g/mol. The second kappa shape index (κ2) is 6.37. The lowest BCUT2D eigenvalue weighted by molar-refractivity contribution is -0.124. The monoisotopic (exact) mass is 309 g/mol. The van der Waals surface area contributed by atoms with Gasteiger partial charge in [0, 0.05) is 17.3 Å². The number of carbonyl (C=O) groups is 1. The van der Waals surface area contributed by atoms with Crippen molar-refractivity contribution in [2.45, 2.75) is 37.4 Å². The Bertz CT molecular complexity index is 394. The molecule has 1 atom stereocenters. The maximum atomic E-state index is 12.1. The number of hydrogen-bond acceptors (Lipinski definition) is 1. The van der Waals surface area contributed by atoms with E-state index in [0.29, 0.717) is 4.83 Å². The molecule has 98 valence electrons. The Morgan fingerprint density at radius 2 is 2.00 bits per heavy atom. The number of amides is 1. The van der Waals surface area contributed by atoms with Crippen LogP contribution in [0.2, 0.25) is 0 Å². The summed E-state index contributed by atoms with van der Waals surface area (Å²) in [7, 11) is 0. The van der Waals surface area contributed by atoms with Crippen LogP contribution >= 0.6 is 15.9 Å². The molecule has 0 aromatic heterocycles. The summed E-state index contributed by atoms with van der Waals surface area (Å²) in [6.07, 6.45) is 4.03. The highest BCUT2D eigenvalue weighted by atomic mass is 79.9. The number of hydrogen-bond donors (Lipinski definition) is 1. The van der Waals surface area contributed by atoms with Gasteiger partial charge in [-0.25, -0.2) is 0 Å². The summed E-state index contributed by atoms with van der Waals surface area (Å²) < 4.78 is 0. The van der Waals surface area contributed by atoms with Gasteiger partial charge in [-0.2, -0.15) is 0 Å². The van der Waals surface area contributed by atoms with Crippen molar-refractivity contribution in [2.75, 3.05) is 6.54 Å². The highest BCUT2D eigenvalue weighted by Crippen LogP contribution is 2.26. The first-order valence-corrected chi connectivity index (χ1v) is 7.60. The van der Waals surface area contributed by atoms with Crippen LogP contribution < -0.4 is 5.32 Å². The molecule has 0 aliphatic heterocycles. The van der Waals surface area contributed by atoms with E-state index < -0.39 is 0 Å². The van der Waals surface area contributed by atoms with Crippen LogP contribution in [0.1, 0.15) is 30.9 Å². The number of fused-ring (bicyclic) bond motifs is 1. The molecule has 1 N–H and O–H groups in total. The third kappa shape index (κ3) is 3.35. The predicted octanol–water partition coefficient (Wildman–Crippen LogP) is 3.08. The quantitative estimate of drug-likeness (QED) is 0.832. The zero-order valence-electron chi connectivity index (χ0n) is 10.8. The van der Waals surface area contributed by atoms with Gasteiger partial charge in [0.25, 0.3) is 0 Å². The molecule has 18 heavy (non-hydrogen) atoms. The molecule has 0 saturated carbocycles. The summed E-state index contributed by atoms with van der Waals surface area (Å²) in [6, 6.07) is 8.36. The molecule has 0 spiro atoms. The molecule has 0 saturated heterocycles. The van der Waals surface area contributed by atoms with Crippen molar-refractivity contribution in [2.24, 2.45) is 5.92 Å². The van der Waals surface area contributed by atoms with Gasteiger partial charge in [0.15, 0.2) is 0 Å². The first-order valence-electron chi connectivity index (χ1n) is 6.69. The molecule has 1 aromatic carbocycles. The average Bonchev–Trinajstić information content (AvgIpc) is 2.80. The summed E-state index contributed by atoms with van der Waals surface area (Å²) in [5.74, 6) is 0.329. The maximum Gasteiger partial charge on any atom is 0.223 e. The molecule has 1 aliphatic rings. The second-order valence-corrected chi connectivity index (χ2v) is 6.30. The van der Waals surface area contributed by atoms with E-state index in [0.717, 1.165) is 32.2 Å². The normalized spacial score (nSPS) is 16.3. The van der Waals surface area contributed by atoms with Crippen molar-refractivity contribution in [3.63, 3.8) is 0 Å². The Morgan fingerprint density at radius 3 is 2.56 bits per heavy atom. The Morgan fingerprint density at radius 1 is 1.39 bits per heavy atom. The smallest absolute Gasteiger partial charge is 0.223 e. The van der Waals surface area contributed by atoms with Crippen LogP contribution in [0.15, 0.2) is 24.3 Å². The van der Waals surface area contributed by atoms with Gasteiger partial charge in [0.1, 0.15) is 0 Å². The number of nitrogens with one attached hydrogen (secondary N) is 1. The second-order valence-electron chi connectivity index (χ2n) is 5.00. The van der Waals surface area contributed by atoms with Gasteiger partial charge in [-0.3, -0.25) is 4.79 Å². The van der Waals surface area contributed by atoms with Crippen LogP contribution in [-0.2, 0) is 17.6 Å². The lowest BCUT2D eigenvalue weighted by Gasteiger charge is -2.13. The lowest BCUT2D eigenvalue weighted by atomic mass is 10.1. The van der Waals surface area contributed by atoms with E-state index >= 15 is 0 Å². The third-order valence-electron chi connectivity index (χ3n) is 3.52. The van der Waals surface area contributed by atoms with Gasteiger partial charge in [0.2, 0.25) is 5.91 Å². The fraction of sp³-hybridized carbons (Fsp3) is 0.533. The highest BCUT2D eigenvalue weighted by Gasteiger charge is 2.26. The molecule has 1 amide bonds. The molecule has 0 radical (unpaired) electrons. The molecule has 1 unspecified atom stereocenters. The van der Waals surface area contributed by atoms with E-state index in [1.165, 1.54) is 11.1 Å². The van der Waals surface area contributed by atoms with Crippen LogP contribution in [0.4, 0.5) is 0 Å². The molecule has 2 rings (SSSR count). The van der Waals surface area contributed by atoms with E-state index in [1.54, 1.807) is 0 Å². The van der Waals surface area contributed by atoms with Crippen LogP contribution in [0.3, 0.4) is 0 Å². The van der Waals surface area contributed by atoms with E-state index in [4.69, 9.17) is 0 Å². The number of carbonyl (C=O) groups excluding carboxylic acids is 1. The summed E-state index contributed by atoms with van der Waals surface area (Å²) in [5, 5.41) is 3.06. The fourth-order valence-electron chi connectivity index (χ4n) is 2.52. The predicted molar refractivity (Wildman–Crippen MR) is 78.0 cm³/mol. The number of rotatable bonds is 5. The zero-order chi connectivity index (χ0) is 13.0. The standard InChI is InChI=1S/C15H20BrNO/c1-2-5-14(16)10-17-15(18)13-8-11-6-3-4-7-12(11)9-13/h3-4,6-7,13-14H,2,5,8-10H2,1H3,(H,17,18). The summed E-state index contributed by atoms with van der Waals surface area (Å²) in [4.78, 5) is 12.5. The summed E-state index contributed by atoms with van der Waals surface area (Å²) >= 11 is 3.59. The fourth-order valence-corrected chi connectivity index (χ4v) is 3.13. The van der Waals surface area contributed by atoms with Crippen molar-refractivity contribution in [1.82, 2.24) is 5.32 Å². The van der Waals surface area contributed by atoms with Gasteiger partial charge in [-0.05, 0) is 30.4 Å². The first-order chi connectivity index (χ1) is 8.70. The molecule has 3 heteroatoms. The largest absolute Gasteiger partial charge is 0.355 e. The van der Waals surface area contributed by atoms with Gasteiger partial charge in [-0.1, -0.05) is 53.5 Å². The van der Waals surface area contributed by atoms with Crippen molar-refractivity contribution in [1.29, 1.82) is 0 Å². The van der Waals surface area contributed by atoms with Gasteiger partial charge in [-0.15, -0.1) is 0 Å². The Kier molecular flexibility index (Phi) is 4.81. The van der Waals surface area contributed by atoms with Crippen LogP contribution in [0.25, 0.3) is 0 Å². The van der Waals surface area contributed by atoms with Crippen molar-refractivity contribution >= 4 is 21.8 Å². The molecular formula is C15H20BrNO. The van der Waals surface area contributed by atoms with E-state index in [2.05, 4.69) is 52.4 Å². The Hall–Kier alpha value is -0.830. The van der Waals surface area contributed by atoms with Crippen molar-refractivity contribution in [3.8, 4) is 0 Å². The Labute approximate surface area is 117 Å². The van der Waals surface area contributed by atoms with Crippen molar-refractivity contribution in [3.05, 3.63) is 35.4 Å². The minimum absolute atomic E-state index is 0.128. The SMILES string of the molecule is CCCC(Br)CNC(=O)C1Cc2ccccc2C1. The minimum atomic E-state index is 0.128. The van der Waals surface area contributed by atoms with E-state index in [1.807, 2.05) is 0 Å². The molecule has 1 aliphatic carbocycles. The molecule has 0 bridgehead atoms. The number of alkyl halides is 1. The molecule has 0 fully saturated rings. The van der Waals surface area contributed by atoms with E-state index in [-0.39, 0.29) is 11.8 Å². The van der Waals surface area contributed by atoms with Gasteiger partial charge >= 0.3 is 0 Å². The summed E-state index contributed by atoms with van der Waals surface area (Å²) in [6.45, 7) is 2.89. The lowest BCUT2D eigenvalue weighted by Crippen LogP contribution is -2.35. The minimum Gasteiger partial charge on any atom is -0.355 e. The zero-order valence-corrected chi connectivity index (χ0v) is 12.4. The number of halogens is 1. The molecule has 1 aromatic rings. The number of benzene rings is 1. The first kappa shape index (κ1) is 13.6. The van der Waals surface area contributed by atoms with Crippen molar-refractivity contribution < 1.29 is 4.79 Å². The van der Waals surface area contributed by atoms with Crippen LogP contribution in [-0.4, -0.2) is 17.3 Å². The molecule has 2 nitrogen and oxygen atoms in total. The Balaban J connectivity index is 1.82. The highest BCUT2D eigenvalue weighted by molar-refractivity contribution is 9.09. The molecular weight excluding hydrogens is 290 g/mol. The summed E-state index contributed by atoms with van der Waals surface area (Å²) in [5.41, 5.74) is 2.67. The van der Waals surface area contributed by atoms with Gasteiger partial charge in [0.05, 0.1) is 0 Å².